The number of halogens is 3. The van der Waals surface area contributed by atoms with Gasteiger partial charge in [0.1, 0.15) is 0 Å². The zero-order valence-electron chi connectivity index (χ0n) is 16.2. The average Bonchev–Trinajstić information content (AvgIpc) is 3.16. The molecule has 1 amide bonds. The maximum Gasteiger partial charge on any atom is 0.435 e. The van der Waals surface area contributed by atoms with Crippen molar-refractivity contribution in [1.82, 2.24) is 14.8 Å². The molecule has 0 atom stereocenters. The smallest absolute Gasteiger partial charge is 0.435 e. The summed E-state index contributed by atoms with van der Waals surface area (Å²) in [6.45, 7) is -0.653. The van der Waals surface area contributed by atoms with E-state index in [4.69, 9.17) is 15.6 Å². The molecule has 0 radical (unpaired) electrons. The number of carboxylic acid groups (broad SMARTS) is 1. The summed E-state index contributed by atoms with van der Waals surface area (Å²) >= 11 is 0. The maximum atomic E-state index is 13.2. The van der Waals surface area contributed by atoms with Crippen LogP contribution in [-0.4, -0.2) is 38.4 Å². The lowest BCUT2D eigenvalue weighted by atomic mass is 10.2. The van der Waals surface area contributed by atoms with Crippen LogP contribution in [0.5, 0.6) is 5.88 Å². The summed E-state index contributed by atoms with van der Waals surface area (Å²) in [5.41, 5.74) is 5.47. The monoisotopic (exact) mass is 447 g/mol. The molecule has 0 saturated carbocycles. The summed E-state index contributed by atoms with van der Waals surface area (Å²) in [6, 6.07) is 8.19. The number of para-hydroxylation sites is 2. The standard InChI is InChI=1S/C20H16F3N5O4/c21-20(22,23)16-9-18(28(27-16)15-4-2-1-3-13(15)24)32-11-17(29)26-14-7-8-25-10-12(14)5-6-19(30)31/h1-10H,11,24H2,(H,30,31)(H,25,26,29)/b6-5+. The maximum absolute atomic E-state index is 13.2. The number of carbonyl (C=O) groups excluding carboxylic acids is 1. The SMILES string of the molecule is Nc1ccccc1-n1nc(C(F)(F)F)cc1OCC(=O)Nc1ccncc1/C=C/C(=O)O. The number of benzene rings is 1. The Morgan fingerprint density at radius 1 is 1.25 bits per heavy atom. The van der Waals surface area contributed by atoms with Gasteiger partial charge < -0.3 is 20.9 Å². The number of aromatic nitrogens is 3. The van der Waals surface area contributed by atoms with Crippen LogP contribution in [0.15, 0.2) is 54.9 Å². The molecule has 2 aromatic heterocycles. The number of hydrogen-bond acceptors (Lipinski definition) is 6. The highest BCUT2D eigenvalue weighted by molar-refractivity contribution is 5.95. The van der Waals surface area contributed by atoms with E-state index in [-0.39, 0.29) is 22.9 Å². The number of nitrogens with one attached hydrogen (secondary N) is 1. The summed E-state index contributed by atoms with van der Waals surface area (Å²) in [5, 5.41) is 14.7. The van der Waals surface area contributed by atoms with E-state index in [1.54, 1.807) is 12.1 Å². The number of nitrogens with zero attached hydrogens (tertiary/aromatic N) is 3. The minimum absolute atomic E-state index is 0.147. The van der Waals surface area contributed by atoms with Gasteiger partial charge in [0.15, 0.2) is 12.3 Å². The third kappa shape index (κ3) is 5.41. The zero-order valence-corrected chi connectivity index (χ0v) is 16.2. The van der Waals surface area contributed by atoms with Gasteiger partial charge >= 0.3 is 12.1 Å². The second kappa shape index (κ2) is 9.20. The summed E-state index contributed by atoms with van der Waals surface area (Å²) in [5.74, 6) is -2.24. The lowest BCUT2D eigenvalue weighted by Crippen LogP contribution is -2.21. The van der Waals surface area contributed by atoms with E-state index in [9.17, 15) is 22.8 Å². The molecule has 12 heteroatoms. The number of rotatable bonds is 7. The fraction of sp³-hybridized carbons (Fsp3) is 0.100. The normalized spacial score (nSPS) is 11.5. The zero-order chi connectivity index (χ0) is 23.3. The van der Waals surface area contributed by atoms with Crippen LogP contribution < -0.4 is 15.8 Å². The van der Waals surface area contributed by atoms with Crippen molar-refractivity contribution in [2.45, 2.75) is 6.18 Å². The number of pyridine rings is 1. The number of nitrogens with two attached hydrogens (primary N) is 1. The van der Waals surface area contributed by atoms with Crippen LogP contribution in [0.4, 0.5) is 24.5 Å². The Bertz CT molecular complexity index is 1170. The minimum Gasteiger partial charge on any atom is -0.478 e. The summed E-state index contributed by atoms with van der Waals surface area (Å²) in [4.78, 5) is 26.9. The number of alkyl halides is 3. The highest BCUT2D eigenvalue weighted by atomic mass is 19.4. The summed E-state index contributed by atoms with van der Waals surface area (Å²) in [6.07, 6.45) is 0.0626. The van der Waals surface area contributed by atoms with Crippen LogP contribution in [0.25, 0.3) is 11.8 Å². The molecule has 0 aliphatic carbocycles. The number of carboxylic acids is 1. The van der Waals surface area contributed by atoms with Crippen LogP contribution in [0.2, 0.25) is 0 Å². The van der Waals surface area contributed by atoms with Crippen LogP contribution in [0.3, 0.4) is 0 Å². The average molecular weight is 447 g/mol. The van der Waals surface area contributed by atoms with Gasteiger partial charge in [-0.05, 0) is 24.3 Å². The van der Waals surface area contributed by atoms with Gasteiger partial charge in [-0.2, -0.15) is 23.0 Å². The molecule has 0 spiro atoms. The van der Waals surface area contributed by atoms with Gasteiger partial charge in [-0.3, -0.25) is 9.78 Å². The molecule has 166 valence electrons. The lowest BCUT2D eigenvalue weighted by molar-refractivity contribution is -0.141. The molecule has 0 saturated heterocycles. The molecule has 0 aliphatic rings. The van der Waals surface area contributed by atoms with E-state index in [0.29, 0.717) is 11.6 Å². The molecule has 32 heavy (non-hydrogen) atoms. The summed E-state index contributed by atoms with van der Waals surface area (Å²) < 4.78 is 45.6. The Morgan fingerprint density at radius 3 is 2.69 bits per heavy atom. The first-order valence-corrected chi connectivity index (χ1v) is 8.95. The van der Waals surface area contributed by atoms with Crippen molar-refractivity contribution >= 4 is 29.3 Å². The second-order valence-electron chi connectivity index (χ2n) is 6.31. The third-order valence-electron chi connectivity index (χ3n) is 4.01. The van der Waals surface area contributed by atoms with E-state index < -0.39 is 30.4 Å². The Kier molecular flexibility index (Phi) is 6.42. The predicted molar refractivity (Wildman–Crippen MR) is 108 cm³/mol. The Morgan fingerprint density at radius 2 is 2.00 bits per heavy atom. The number of aliphatic carboxylic acids is 1. The van der Waals surface area contributed by atoms with E-state index in [0.717, 1.165) is 10.8 Å². The molecule has 2 heterocycles. The van der Waals surface area contributed by atoms with Crippen LogP contribution in [0, 0.1) is 0 Å². The number of hydrogen-bond donors (Lipinski definition) is 3. The second-order valence-corrected chi connectivity index (χ2v) is 6.31. The Hall–Kier alpha value is -4.35. The topological polar surface area (TPSA) is 132 Å². The predicted octanol–water partition coefficient (Wildman–Crippen LogP) is 2.98. The number of amides is 1. The van der Waals surface area contributed by atoms with Crippen molar-refractivity contribution in [2.75, 3.05) is 17.7 Å². The molecule has 3 aromatic rings. The van der Waals surface area contributed by atoms with Crippen LogP contribution in [-0.2, 0) is 15.8 Å². The van der Waals surface area contributed by atoms with Crippen molar-refractivity contribution in [3.8, 4) is 11.6 Å². The summed E-state index contributed by atoms with van der Waals surface area (Å²) in [7, 11) is 0. The fourth-order valence-electron chi connectivity index (χ4n) is 2.60. The minimum atomic E-state index is -4.74. The van der Waals surface area contributed by atoms with Crippen LogP contribution >= 0.6 is 0 Å². The van der Waals surface area contributed by atoms with E-state index >= 15 is 0 Å². The van der Waals surface area contributed by atoms with E-state index in [1.807, 2.05) is 0 Å². The number of nitrogen functional groups attached to an aromatic ring is 1. The van der Waals surface area contributed by atoms with Crippen molar-refractivity contribution in [2.24, 2.45) is 0 Å². The number of ether oxygens (including phenoxy) is 1. The third-order valence-corrected chi connectivity index (χ3v) is 4.01. The van der Waals surface area contributed by atoms with Gasteiger partial charge in [0, 0.05) is 30.1 Å². The molecule has 9 nitrogen and oxygen atoms in total. The molecule has 0 unspecified atom stereocenters. The van der Waals surface area contributed by atoms with Gasteiger partial charge in [0.2, 0.25) is 5.88 Å². The van der Waals surface area contributed by atoms with Gasteiger partial charge in [-0.25, -0.2) is 4.79 Å². The molecule has 0 bridgehead atoms. The first kappa shape index (κ1) is 22.3. The van der Waals surface area contributed by atoms with Gasteiger partial charge in [0.25, 0.3) is 5.91 Å². The number of carbonyl (C=O) groups is 2. The van der Waals surface area contributed by atoms with Gasteiger partial charge in [0.05, 0.1) is 17.1 Å². The van der Waals surface area contributed by atoms with E-state index in [1.165, 1.54) is 36.7 Å². The molecule has 4 N–H and O–H groups in total. The first-order chi connectivity index (χ1) is 15.1. The van der Waals surface area contributed by atoms with Crippen LogP contribution in [0.1, 0.15) is 11.3 Å². The highest BCUT2D eigenvalue weighted by Crippen LogP contribution is 2.33. The highest BCUT2D eigenvalue weighted by Gasteiger charge is 2.36. The molecule has 3 rings (SSSR count). The quantitative estimate of drug-likeness (QED) is 0.375. The molecule has 0 fully saturated rings. The van der Waals surface area contributed by atoms with Crippen molar-refractivity contribution < 1.29 is 32.6 Å². The molecule has 0 aliphatic heterocycles. The van der Waals surface area contributed by atoms with Crippen molar-refractivity contribution in [3.63, 3.8) is 0 Å². The molecular formula is C20H16F3N5O4. The van der Waals surface area contributed by atoms with Crippen molar-refractivity contribution in [1.29, 1.82) is 0 Å². The Balaban J connectivity index is 1.80. The van der Waals surface area contributed by atoms with Gasteiger partial charge in [-0.1, -0.05) is 12.1 Å². The largest absolute Gasteiger partial charge is 0.478 e. The fourth-order valence-corrected chi connectivity index (χ4v) is 2.60. The molecule has 1 aromatic carbocycles. The molecular weight excluding hydrogens is 431 g/mol. The number of anilines is 2. The van der Waals surface area contributed by atoms with E-state index in [2.05, 4.69) is 15.4 Å². The first-order valence-electron chi connectivity index (χ1n) is 8.95. The van der Waals surface area contributed by atoms with Gasteiger partial charge in [-0.15, -0.1) is 0 Å². The Labute approximate surface area is 178 Å². The lowest BCUT2D eigenvalue weighted by Gasteiger charge is -2.12. The van der Waals surface area contributed by atoms with Crippen molar-refractivity contribution in [3.05, 3.63) is 66.1 Å².